The first-order chi connectivity index (χ1) is 9.33. The molecular weight excluding hydrogens is 263 g/mol. The van der Waals surface area contributed by atoms with Gasteiger partial charge in [0.05, 0.1) is 5.56 Å². The molecule has 0 aromatic heterocycles. The average molecular weight is 287 g/mol. The number of unbranched alkanes of at least 4 members (excludes halogenated alkanes) is 2. The molecule has 0 unspecified atom stereocenters. The van der Waals surface area contributed by atoms with Crippen molar-refractivity contribution in [2.24, 2.45) is 5.73 Å². The van der Waals surface area contributed by atoms with Crippen LogP contribution < -0.4 is 5.73 Å². The van der Waals surface area contributed by atoms with Crippen molar-refractivity contribution >= 4 is 0 Å². The van der Waals surface area contributed by atoms with Gasteiger partial charge in [-0.15, -0.1) is 0 Å². The van der Waals surface area contributed by atoms with Gasteiger partial charge in [-0.3, -0.25) is 0 Å². The Hall–Kier alpha value is -1.03. The van der Waals surface area contributed by atoms with Crippen LogP contribution in [0.5, 0.6) is 0 Å². The molecule has 0 aliphatic carbocycles. The number of rotatable bonds is 7. The van der Waals surface area contributed by atoms with Crippen molar-refractivity contribution in [1.29, 1.82) is 0 Å². The average Bonchev–Trinajstić information content (AvgIpc) is 2.42. The summed E-state index contributed by atoms with van der Waals surface area (Å²) >= 11 is 0. The van der Waals surface area contributed by atoms with Gasteiger partial charge >= 0.3 is 6.18 Å². The van der Waals surface area contributed by atoms with E-state index in [1.807, 2.05) is 0 Å². The number of halogens is 3. The monoisotopic (exact) mass is 287 g/mol. The van der Waals surface area contributed by atoms with Gasteiger partial charge < -0.3 is 5.73 Å². The van der Waals surface area contributed by atoms with E-state index in [9.17, 15) is 13.2 Å². The minimum Gasteiger partial charge on any atom is -0.321 e. The largest absolute Gasteiger partial charge is 0.416 e. The second-order valence-electron chi connectivity index (χ2n) is 5.44. The van der Waals surface area contributed by atoms with Crippen LogP contribution in [0.3, 0.4) is 0 Å². The Balaban J connectivity index is 3.06. The van der Waals surface area contributed by atoms with Crippen molar-refractivity contribution in [3.63, 3.8) is 0 Å². The number of benzene rings is 1. The fraction of sp³-hybridized carbons (Fsp3) is 0.625. The Morgan fingerprint density at radius 1 is 0.950 bits per heavy atom. The van der Waals surface area contributed by atoms with Crippen LogP contribution in [0, 0.1) is 0 Å². The summed E-state index contributed by atoms with van der Waals surface area (Å²) < 4.78 is 38.5. The van der Waals surface area contributed by atoms with Crippen LogP contribution in [0.1, 0.15) is 63.5 Å². The Kier molecular flexibility index (Phi) is 6.06. The van der Waals surface area contributed by atoms with Crippen LogP contribution in [0.25, 0.3) is 0 Å². The molecule has 1 aromatic carbocycles. The maximum atomic E-state index is 12.8. The van der Waals surface area contributed by atoms with E-state index in [1.54, 1.807) is 6.07 Å². The van der Waals surface area contributed by atoms with E-state index in [0.29, 0.717) is 5.56 Å². The smallest absolute Gasteiger partial charge is 0.321 e. The van der Waals surface area contributed by atoms with Crippen molar-refractivity contribution in [1.82, 2.24) is 0 Å². The highest BCUT2D eigenvalue weighted by atomic mass is 19.4. The molecule has 0 fully saturated rings. The Labute approximate surface area is 119 Å². The fourth-order valence-corrected chi connectivity index (χ4v) is 2.40. The van der Waals surface area contributed by atoms with Gasteiger partial charge in [0.25, 0.3) is 0 Å². The van der Waals surface area contributed by atoms with Crippen molar-refractivity contribution in [3.8, 4) is 0 Å². The summed E-state index contributed by atoms with van der Waals surface area (Å²) in [6.45, 7) is 4.12. The minimum absolute atomic E-state index is 0.606. The molecule has 0 aliphatic rings. The summed E-state index contributed by atoms with van der Waals surface area (Å²) in [4.78, 5) is 0. The molecule has 0 heterocycles. The summed E-state index contributed by atoms with van der Waals surface area (Å²) in [5.74, 6) is 0. The molecule has 2 N–H and O–H groups in total. The maximum Gasteiger partial charge on any atom is 0.416 e. The molecule has 1 rings (SSSR count). The van der Waals surface area contributed by atoms with Gasteiger partial charge in [0.1, 0.15) is 0 Å². The topological polar surface area (TPSA) is 26.0 Å². The van der Waals surface area contributed by atoms with Gasteiger partial charge in [0, 0.05) is 5.54 Å². The van der Waals surface area contributed by atoms with Gasteiger partial charge in [-0.1, -0.05) is 51.7 Å². The molecule has 0 saturated carbocycles. The van der Waals surface area contributed by atoms with E-state index < -0.39 is 17.3 Å². The lowest BCUT2D eigenvalue weighted by atomic mass is 9.81. The minimum atomic E-state index is -4.31. The normalized spacial score (nSPS) is 12.7. The van der Waals surface area contributed by atoms with Crippen LogP contribution in [-0.2, 0) is 11.7 Å². The zero-order valence-corrected chi connectivity index (χ0v) is 12.3. The summed E-state index contributed by atoms with van der Waals surface area (Å²) in [6, 6.07) is 5.49. The second-order valence-corrected chi connectivity index (χ2v) is 5.44. The van der Waals surface area contributed by atoms with Crippen molar-refractivity contribution < 1.29 is 13.2 Å². The molecule has 0 spiro atoms. The summed E-state index contributed by atoms with van der Waals surface area (Å²) in [7, 11) is 0. The summed E-state index contributed by atoms with van der Waals surface area (Å²) in [5, 5.41) is 0. The zero-order chi connectivity index (χ0) is 15.2. The fourth-order valence-electron chi connectivity index (χ4n) is 2.40. The molecule has 114 valence electrons. The summed E-state index contributed by atoms with van der Waals surface area (Å²) in [6.07, 6.45) is 0.975. The molecule has 1 nitrogen and oxygen atoms in total. The van der Waals surface area contributed by atoms with Gasteiger partial charge in [-0.2, -0.15) is 13.2 Å². The quantitative estimate of drug-likeness (QED) is 0.729. The Bertz CT molecular complexity index is 404. The lowest BCUT2D eigenvalue weighted by Gasteiger charge is -2.31. The van der Waals surface area contributed by atoms with Crippen molar-refractivity contribution in [2.45, 2.75) is 64.1 Å². The molecule has 1 aromatic rings. The Morgan fingerprint density at radius 2 is 1.45 bits per heavy atom. The first-order valence-corrected chi connectivity index (χ1v) is 7.30. The first-order valence-electron chi connectivity index (χ1n) is 7.30. The van der Waals surface area contributed by atoms with Gasteiger partial charge in [-0.05, 0) is 30.5 Å². The van der Waals surface area contributed by atoms with Crippen molar-refractivity contribution in [2.75, 3.05) is 0 Å². The molecule has 0 amide bonds. The molecule has 0 saturated heterocycles. The third kappa shape index (κ3) is 4.51. The highest BCUT2D eigenvalue weighted by Gasteiger charge is 2.33. The number of hydrogen-bond donors (Lipinski definition) is 1. The molecule has 0 aliphatic heterocycles. The van der Waals surface area contributed by atoms with E-state index in [2.05, 4.69) is 13.8 Å². The lowest BCUT2D eigenvalue weighted by molar-refractivity contribution is -0.137. The number of hydrogen-bond acceptors (Lipinski definition) is 1. The van der Waals surface area contributed by atoms with Crippen LogP contribution >= 0.6 is 0 Å². The predicted molar refractivity (Wildman–Crippen MR) is 76.4 cm³/mol. The lowest BCUT2D eigenvalue weighted by Crippen LogP contribution is -2.37. The van der Waals surface area contributed by atoms with Crippen LogP contribution in [0.4, 0.5) is 13.2 Å². The standard InChI is InChI=1S/C16H24F3N/c1-3-5-10-15(20,11-6-4-2)13-8-7-9-14(12-13)16(17,18)19/h7-9,12H,3-6,10-11,20H2,1-2H3. The highest BCUT2D eigenvalue weighted by molar-refractivity contribution is 5.31. The van der Waals surface area contributed by atoms with Gasteiger partial charge in [0.15, 0.2) is 0 Å². The van der Waals surface area contributed by atoms with Crippen LogP contribution in [-0.4, -0.2) is 0 Å². The Morgan fingerprint density at radius 3 is 1.90 bits per heavy atom. The summed E-state index contributed by atoms with van der Waals surface area (Å²) in [5.41, 5.74) is 5.78. The zero-order valence-electron chi connectivity index (χ0n) is 12.3. The van der Waals surface area contributed by atoms with Crippen LogP contribution in [0.2, 0.25) is 0 Å². The first kappa shape index (κ1) is 17.0. The second kappa shape index (κ2) is 7.11. The van der Waals surface area contributed by atoms with Crippen LogP contribution in [0.15, 0.2) is 24.3 Å². The van der Waals surface area contributed by atoms with Gasteiger partial charge in [0.2, 0.25) is 0 Å². The third-order valence-corrected chi connectivity index (χ3v) is 3.72. The van der Waals surface area contributed by atoms with E-state index >= 15 is 0 Å². The molecule has 4 heteroatoms. The molecule has 20 heavy (non-hydrogen) atoms. The predicted octanol–water partition coefficient (Wildman–Crippen LogP) is 5.24. The molecule has 0 atom stereocenters. The third-order valence-electron chi connectivity index (χ3n) is 3.72. The van der Waals surface area contributed by atoms with E-state index in [-0.39, 0.29) is 0 Å². The molecule has 0 radical (unpaired) electrons. The highest BCUT2D eigenvalue weighted by Crippen LogP contribution is 2.35. The van der Waals surface area contributed by atoms with E-state index in [1.165, 1.54) is 12.1 Å². The number of nitrogens with two attached hydrogens (primary N) is 1. The molecule has 0 bridgehead atoms. The van der Waals surface area contributed by atoms with Gasteiger partial charge in [-0.25, -0.2) is 0 Å². The van der Waals surface area contributed by atoms with E-state index in [4.69, 9.17) is 5.73 Å². The van der Waals surface area contributed by atoms with Crippen molar-refractivity contribution in [3.05, 3.63) is 35.4 Å². The number of alkyl halides is 3. The SMILES string of the molecule is CCCCC(N)(CCCC)c1cccc(C(F)(F)F)c1. The molecular formula is C16H24F3N. The maximum absolute atomic E-state index is 12.8. The van der Waals surface area contributed by atoms with E-state index in [0.717, 1.165) is 44.6 Å².